The summed E-state index contributed by atoms with van der Waals surface area (Å²) >= 11 is 6.96. The molecule has 1 fully saturated rings. The minimum absolute atomic E-state index is 0.0226. The summed E-state index contributed by atoms with van der Waals surface area (Å²) in [5.74, 6) is 0.393. The van der Waals surface area contributed by atoms with Gasteiger partial charge in [-0.05, 0) is 50.8 Å². The van der Waals surface area contributed by atoms with Gasteiger partial charge < -0.3 is 9.80 Å². The molecule has 0 N–H and O–H groups in total. The van der Waals surface area contributed by atoms with Crippen LogP contribution in [0, 0.1) is 6.92 Å². The number of benzene rings is 1. The average Bonchev–Trinajstić information content (AvgIpc) is 2.97. The van der Waals surface area contributed by atoms with E-state index in [2.05, 4.69) is 26.4 Å². The molecule has 9 nitrogen and oxygen atoms in total. The Morgan fingerprint density at radius 3 is 2.55 bits per heavy atom. The maximum Gasteiger partial charge on any atom is 0.355 e. The number of hydrogen-bond donors (Lipinski definition) is 0. The first-order valence-electron chi connectivity index (χ1n) is 14.3. The Labute approximate surface area is 250 Å². The van der Waals surface area contributed by atoms with Crippen LogP contribution in [0.25, 0.3) is 28.0 Å². The molecule has 4 heterocycles. The van der Waals surface area contributed by atoms with Gasteiger partial charge in [0.15, 0.2) is 5.65 Å². The zero-order chi connectivity index (χ0) is 30.3. The SMILES string of the molecule is C=CC(=O)N1CC(C)N(c2nc(=O)n(-c3c(CC)ncnc3C(C)C)c3nc(-c4ccccc4C)c(Cl)cc23)CC1C. The largest absolute Gasteiger partial charge is 0.355 e. The van der Waals surface area contributed by atoms with Crippen LogP contribution >= 0.6 is 11.6 Å². The Morgan fingerprint density at radius 1 is 1.14 bits per heavy atom. The normalized spacial score (nSPS) is 17.2. The molecule has 1 aliphatic heterocycles. The van der Waals surface area contributed by atoms with Gasteiger partial charge in [0.25, 0.3) is 0 Å². The van der Waals surface area contributed by atoms with Crippen molar-refractivity contribution in [2.45, 2.75) is 66.0 Å². The van der Waals surface area contributed by atoms with Gasteiger partial charge in [0, 0.05) is 30.7 Å². The van der Waals surface area contributed by atoms with E-state index in [-0.39, 0.29) is 23.9 Å². The fourth-order valence-electron chi connectivity index (χ4n) is 5.76. The highest BCUT2D eigenvalue weighted by molar-refractivity contribution is 6.34. The van der Waals surface area contributed by atoms with Crippen molar-refractivity contribution in [3.8, 4) is 16.9 Å². The van der Waals surface area contributed by atoms with Crippen molar-refractivity contribution in [1.29, 1.82) is 0 Å². The Hall–Kier alpha value is -4.11. The number of nitrogens with zero attached hydrogens (tertiary/aromatic N) is 7. The van der Waals surface area contributed by atoms with Crippen molar-refractivity contribution < 1.29 is 4.79 Å². The minimum Gasteiger partial charge on any atom is -0.349 e. The van der Waals surface area contributed by atoms with Gasteiger partial charge in [-0.25, -0.2) is 24.3 Å². The highest BCUT2D eigenvalue weighted by Gasteiger charge is 2.34. The summed E-state index contributed by atoms with van der Waals surface area (Å²) in [6.07, 6.45) is 3.48. The molecule has 1 aromatic carbocycles. The summed E-state index contributed by atoms with van der Waals surface area (Å²) in [4.78, 5) is 49.4. The highest BCUT2D eigenvalue weighted by Crippen LogP contribution is 2.36. The molecule has 10 heteroatoms. The lowest BCUT2D eigenvalue weighted by Crippen LogP contribution is -2.58. The maximum absolute atomic E-state index is 14.2. The summed E-state index contributed by atoms with van der Waals surface area (Å²) < 4.78 is 1.55. The van der Waals surface area contributed by atoms with Gasteiger partial charge in [-0.15, -0.1) is 0 Å². The van der Waals surface area contributed by atoms with Gasteiger partial charge in [0.2, 0.25) is 5.91 Å². The summed E-state index contributed by atoms with van der Waals surface area (Å²) in [6.45, 7) is 16.7. The van der Waals surface area contributed by atoms with Gasteiger partial charge in [-0.3, -0.25) is 4.79 Å². The predicted molar refractivity (Wildman–Crippen MR) is 168 cm³/mol. The molecule has 2 unspecified atom stereocenters. The Morgan fingerprint density at radius 2 is 1.88 bits per heavy atom. The van der Waals surface area contributed by atoms with E-state index in [0.717, 1.165) is 22.5 Å². The van der Waals surface area contributed by atoms with Crippen LogP contribution in [-0.2, 0) is 11.2 Å². The molecule has 42 heavy (non-hydrogen) atoms. The molecule has 1 saturated heterocycles. The van der Waals surface area contributed by atoms with Gasteiger partial charge in [-0.1, -0.05) is 63.2 Å². The molecule has 0 aliphatic carbocycles. The van der Waals surface area contributed by atoms with Crippen LogP contribution in [0.1, 0.15) is 57.5 Å². The van der Waals surface area contributed by atoms with Crippen LogP contribution in [-0.4, -0.2) is 60.5 Å². The molecule has 0 spiro atoms. The van der Waals surface area contributed by atoms with E-state index in [9.17, 15) is 9.59 Å². The zero-order valence-electron chi connectivity index (χ0n) is 24.9. The quantitative estimate of drug-likeness (QED) is 0.276. The van der Waals surface area contributed by atoms with Crippen molar-refractivity contribution in [2.24, 2.45) is 0 Å². The second-order valence-corrected chi connectivity index (χ2v) is 11.6. The van der Waals surface area contributed by atoms with E-state index in [1.165, 1.54) is 6.08 Å². The lowest BCUT2D eigenvalue weighted by molar-refractivity contribution is -0.128. The number of aromatic nitrogens is 5. The second-order valence-electron chi connectivity index (χ2n) is 11.2. The summed E-state index contributed by atoms with van der Waals surface area (Å²) in [5.41, 5.74) is 4.52. The Bertz CT molecular complexity index is 1750. The van der Waals surface area contributed by atoms with Crippen molar-refractivity contribution in [3.63, 3.8) is 0 Å². The Kier molecular flexibility index (Phi) is 8.14. The minimum atomic E-state index is -0.473. The summed E-state index contributed by atoms with van der Waals surface area (Å²) in [6, 6.07) is 9.50. The topological polar surface area (TPSA) is 97.1 Å². The van der Waals surface area contributed by atoms with E-state index in [0.29, 0.717) is 52.8 Å². The first-order chi connectivity index (χ1) is 20.1. The standard InChI is InChI=1S/C32H36ClN7O2/c1-8-25-29(27(18(3)4)35-17-34-25)40-31-23(14-24(33)28(36-31)22-13-11-10-12-19(22)5)30(37-32(40)42)39-16-20(6)38(15-21(39)7)26(41)9-2/h9-14,17-18,20-21H,2,8,15-16H2,1,3-7H3. The van der Waals surface area contributed by atoms with Gasteiger partial charge in [0.05, 0.1) is 33.2 Å². The van der Waals surface area contributed by atoms with E-state index in [1.807, 2.05) is 71.9 Å². The number of aryl methyl sites for hydroxylation is 2. The number of carbonyl (C=O) groups excluding carboxylic acids is 1. The third-order valence-electron chi connectivity index (χ3n) is 7.95. The van der Waals surface area contributed by atoms with E-state index in [4.69, 9.17) is 16.6 Å². The second kappa shape index (κ2) is 11.6. The molecule has 0 radical (unpaired) electrons. The molecule has 0 saturated carbocycles. The number of fused-ring (bicyclic) bond motifs is 1. The smallest absolute Gasteiger partial charge is 0.349 e. The van der Waals surface area contributed by atoms with E-state index < -0.39 is 5.69 Å². The monoisotopic (exact) mass is 585 g/mol. The van der Waals surface area contributed by atoms with E-state index >= 15 is 0 Å². The summed E-state index contributed by atoms with van der Waals surface area (Å²) in [5, 5.41) is 1.09. The number of piperazine rings is 1. The molecular formula is C32H36ClN7O2. The lowest BCUT2D eigenvalue weighted by atomic mass is 10.0. The molecule has 218 valence electrons. The van der Waals surface area contributed by atoms with Gasteiger partial charge >= 0.3 is 5.69 Å². The number of halogens is 1. The van der Waals surface area contributed by atoms with Crippen molar-refractivity contribution in [1.82, 2.24) is 29.4 Å². The third kappa shape index (κ3) is 5.06. The van der Waals surface area contributed by atoms with Crippen LogP contribution in [0.3, 0.4) is 0 Å². The number of carbonyl (C=O) groups is 1. The molecule has 3 aromatic heterocycles. The maximum atomic E-state index is 14.2. The molecular weight excluding hydrogens is 550 g/mol. The first-order valence-corrected chi connectivity index (χ1v) is 14.7. The number of rotatable bonds is 6. The van der Waals surface area contributed by atoms with Crippen LogP contribution in [0.2, 0.25) is 5.02 Å². The van der Waals surface area contributed by atoms with E-state index in [1.54, 1.807) is 15.8 Å². The number of amides is 1. The third-order valence-corrected chi connectivity index (χ3v) is 8.24. The molecule has 1 amide bonds. The van der Waals surface area contributed by atoms with Gasteiger partial charge in [0.1, 0.15) is 12.1 Å². The van der Waals surface area contributed by atoms with Crippen molar-refractivity contribution >= 4 is 34.4 Å². The molecule has 0 bridgehead atoms. The number of pyridine rings is 1. The van der Waals surface area contributed by atoms with Gasteiger partial charge in [-0.2, -0.15) is 4.98 Å². The highest BCUT2D eigenvalue weighted by atomic mass is 35.5. The van der Waals surface area contributed by atoms with Crippen LogP contribution in [0.5, 0.6) is 0 Å². The molecule has 2 atom stereocenters. The Balaban J connectivity index is 1.84. The van der Waals surface area contributed by atoms with Crippen molar-refractivity contribution in [2.75, 3.05) is 18.0 Å². The van der Waals surface area contributed by atoms with Crippen LogP contribution in [0.4, 0.5) is 5.82 Å². The predicted octanol–water partition coefficient (Wildman–Crippen LogP) is 5.50. The summed E-state index contributed by atoms with van der Waals surface area (Å²) in [7, 11) is 0. The van der Waals surface area contributed by atoms with Crippen molar-refractivity contribution in [3.05, 3.63) is 81.8 Å². The average molecular weight is 586 g/mol. The molecule has 5 rings (SSSR count). The van der Waals surface area contributed by atoms with Crippen LogP contribution in [0.15, 0.2) is 54.1 Å². The fourth-order valence-corrected chi connectivity index (χ4v) is 6.01. The fraction of sp³-hybridized carbons (Fsp3) is 0.375. The molecule has 1 aliphatic rings. The number of anilines is 1. The number of hydrogen-bond acceptors (Lipinski definition) is 7. The molecule has 4 aromatic rings. The van der Waals surface area contributed by atoms with Crippen LogP contribution < -0.4 is 10.6 Å². The lowest BCUT2D eigenvalue weighted by Gasteiger charge is -2.44. The zero-order valence-corrected chi connectivity index (χ0v) is 25.7. The first kappa shape index (κ1) is 29.4.